The molecular formula is C67H114O6. The van der Waals surface area contributed by atoms with Crippen molar-refractivity contribution in [3.8, 4) is 0 Å². The van der Waals surface area contributed by atoms with E-state index in [9.17, 15) is 14.4 Å². The van der Waals surface area contributed by atoms with E-state index in [2.05, 4.69) is 118 Å². The van der Waals surface area contributed by atoms with E-state index in [0.29, 0.717) is 19.3 Å². The SMILES string of the molecule is CC/C=C\C/C=C\C/C=C\C/C=C\CCCCC(=O)OC(COC(=O)CCCCCCC/C=C\CCCCCCCC)COC(=O)CCCCCCCCCCCC/C=C\C/C=C\C/C=C\CCCCCCC. The van der Waals surface area contributed by atoms with Crippen molar-refractivity contribution < 1.29 is 28.6 Å². The molecule has 0 radical (unpaired) electrons. The van der Waals surface area contributed by atoms with E-state index in [4.69, 9.17) is 14.2 Å². The molecule has 1 atom stereocenters. The van der Waals surface area contributed by atoms with E-state index >= 15 is 0 Å². The number of esters is 3. The zero-order valence-electron chi connectivity index (χ0n) is 47.9. The first kappa shape index (κ1) is 69.3. The van der Waals surface area contributed by atoms with E-state index in [-0.39, 0.29) is 37.5 Å². The lowest BCUT2D eigenvalue weighted by Gasteiger charge is -2.18. The van der Waals surface area contributed by atoms with Gasteiger partial charge in [-0.05, 0) is 122 Å². The van der Waals surface area contributed by atoms with E-state index in [1.807, 2.05) is 0 Å². The fourth-order valence-corrected chi connectivity index (χ4v) is 8.44. The molecule has 0 amide bonds. The molecule has 0 bridgehead atoms. The Balaban J connectivity index is 4.37. The largest absolute Gasteiger partial charge is 0.462 e. The molecule has 0 aromatic rings. The standard InChI is InChI=1S/C67H114O6/c1-4-7-10-13-16-19-22-25-28-29-30-31-32-33-34-35-36-37-40-42-45-48-51-54-57-60-66(69)72-63-64(73-67(70)61-58-55-52-49-46-43-39-27-24-21-18-15-12-9-6-3)62-71-65(68)59-56-53-50-47-44-41-38-26-23-20-17-14-11-8-5-2/h9,12,18,21-22,25-27,29-30,32-33,38-39,46,49,64H,4-8,10-11,13-17,19-20,23-24,28,31,34-37,40-45,47-48,50-63H2,1-3H3/b12-9-,21-18-,25-22-,30-29-,33-32-,38-26-,39-27-,49-46-. The molecule has 0 aliphatic heterocycles. The lowest BCUT2D eigenvalue weighted by atomic mass is 10.1. The number of allylic oxidation sites excluding steroid dienone is 16. The second-order valence-electron chi connectivity index (χ2n) is 20.2. The summed E-state index contributed by atoms with van der Waals surface area (Å²) in [6.07, 6.45) is 81.2. The first-order chi connectivity index (χ1) is 36.0. The summed E-state index contributed by atoms with van der Waals surface area (Å²) in [6.45, 7) is 6.48. The molecule has 0 aliphatic carbocycles. The van der Waals surface area contributed by atoms with Crippen molar-refractivity contribution in [1.29, 1.82) is 0 Å². The van der Waals surface area contributed by atoms with Gasteiger partial charge in [-0.3, -0.25) is 14.4 Å². The van der Waals surface area contributed by atoms with Crippen molar-refractivity contribution in [2.75, 3.05) is 13.2 Å². The van der Waals surface area contributed by atoms with Crippen molar-refractivity contribution in [3.63, 3.8) is 0 Å². The fraction of sp³-hybridized carbons (Fsp3) is 0.716. The highest BCUT2D eigenvalue weighted by Gasteiger charge is 2.19. The molecule has 1 unspecified atom stereocenters. The molecule has 0 rings (SSSR count). The Kier molecular flexibility index (Phi) is 57.8. The highest BCUT2D eigenvalue weighted by Crippen LogP contribution is 2.15. The zero-order chi connectivity index (χ0) is 52.9. The predicted molar refractivity (Wildman–Crippen MR) is 316 cm³/mol. The molecule has 6 heteroatoms. The number of unbranched alkanes of at least 4 members (excludes halogenated alkanes) is 28. The summed E-state index contributed by atoms with van der Waals surface area (Å²) < 4.78 is 16.8. The third-order valence-corrected chi connectivity index (χ3v) is 13.0. The third-order valence-electron chi connectivity index (χ3n) is 13.0. The second-order valence-corrected chi connectivity index (χ2v) is 20.2. The molecule has 418 valence electrons. The molecule has 6 nitrogen and oxygen atoms in total. The van der Waals surface area contributed by atoms with Crippen LogP contribution in [0, 0.1) is 0 Å². The Morgan fingerprint density at radius 1 is 0.288 bits per heavy atom. The van der Waals surface area contributed by atoms with Gasteiger partial charge in [0.25, 0.3) is 0 Å². The number of rotatable bonds is 55. The molecule has 0 N–H and O–H groups in total. The summed E-state index contributed by atoms with van der Waals surface area (Å²) in [4.78, 5) is 38.2. The minimum absolute atomic E-state index is 0.0989. The topological polar surface area (TPSA) is 78.9 Å². The maximum atomic E-state index is 12.9. The van der Waals surface area contributed by atoms with Gasteiger partial charge in [0.2, 0.25) is 0 Å². The average molecular weight is 1020 g/mol. The van der Waals surface area contributed by atoms with Crippen molar-refractivity contribution >= 4 is 17.9 Å². The van der Waals surface area contributed by atoms with Crippen LogP contribution in [0.5, 0.6) is 0 Å². The lowest BCUT2D eigenvalue weighted by molar-refractivity contribution is -0.167. The van der Waals surface area contributed by atoms with Crippen LogP contribution in [0.4, 0.5) is 0 Å². The smallest absolute Gasteiger partial charge is 0.306 e. The van der Waals surface area contributed by atoms with Gasteiger partial charge < -0.3 is 14.2 Å². The van der Waals surface area contributed by atoms with E-state index in [1.165, 1.54) is 148 Å². The normalized spacial score (nSPS) is 12.8. The van der Waals surface area contributed by atoms with E-state index in [1.54, 1.807) is 0 Å². The Bertz CT molecular complexity index is 1440. The Hall–Kier alpha value is -3.67. The van der Waals surface area contributed by atoms with Crippen molar-refractivity contribution in [3.05, 3.63) is 97.2 Å². The minimum Gasteiger partial charge on any atom is -0.462 e. The van der Waals surface area contributed by atoms with Crippen LogP contribution in [0.3, 0.4) is 0 Å². The Labute approximate surface area is 451 Å². The van der Waals surface area contributed by atoms with Gasteiger partial charge in [-0.25, -0.2) is 0 Å². The molecule has 0 aromatic heterocycles. The average Bonchev–Trinajstić information content (AvgIpc) is 3.39. The highest BCUT2D eigenvalue weighted by molar-refractivity contribution is 5.71. The van der Waals surface area contributed by atoms with Gasteiger partial charge in [0.15, 0.2) is 6.10 Å². The molecule has 0 heterocycles. The van der Waals surface area contributed by atoms with Crippen LogP contribution in [0.1, 0.15) is 290 Å². The first-order valence-electron chi connectivity index (χ1n) is 30.7. The van der Waals surface area contributed by atoms with Crippen LogP contribution in [-0.4, -0.2) is 37.2 Å². The minimum atomic E-state index is -0.806. The van der Waals surface area contributed by atoms with Gasteiger partial charge in [-0.1, -0.05) is 246 Å². The maximum absolute atomic E-state index is 12.9. The number of carbonyl (C=O) groups is 3. The molecule has 0 saturated heterocycles. The summed E-state index contributed by atoms with van der Waals surface area (Å²) in [6, 6.07) is 0. The molecule has 0 aliphatic rings. The van der Waals surface area contributed by atoms with Gasteiger partial charge in [-0.15, -0.1) is 0 Å². The van der Waals surface area contributed by atoms with Gasteiger partial charge in [-0.2, -0.15) is 0 Å². The Morgan fingerprint density at radius 2 is 0.534 bits per heavy atom. The summed E-state index contributed by atoms with van der Waals surface area (Å²) in [5.41, 5.74) is 0. The molecule has 73 heavy (non-hydrogen) atoms. The number of carbonyl (C=O) groups excluding carboxylic acids is 3. The number of hydrogen-bond acceptors (Lipinski definition) is 6. The molecular weight excluding hydrogens is 901 g/mol. The van der Waals surface area contributed by atoms with Crippen LogP contribution in [0.15, 0.2) is 97.2 Å². The summed E-state index contributed by atoms with van der Waals surface area (Å²) in [5.74, 6) is -0.947. The monoisotopic (exact) mass is 1010 g/mol. The summed E-state index contributed by atoms with van der Waals surface area (Å²) in [5, 5.41) is 0. The predicted octanol–water partition coefficient (Wildman–Crippen LogP) is 20.9. The van der Waals surface area contributed by atoms with Crippen LogP contribution >= 0.6 is 0 Å². The van der Waals surface area contributed by atoms with E-state index < -0.39 is 6.10 Å². The van der Waals surface area contributed by atoms with Crippen LogP contribution in [0.2, 0.25) is 0 Å². The quantitative estimate of drug-likeness (QED) is 0.0261. The van der Waals surface area contributed by atoms with Crippen molar-refractivity contribution in [2.45, 2.75) is 297 Å². The van der Waals surface area contributed by atoms with Crippen molar-refractivity contribution in [1.82, 2.24) is 0 Å². The van der Waals surface area contributed by atoms with Crippen LogP contribution < -0.4 is 0 Å². The number of hydrogen-bond donors (Lipinski definition) is 0. The van der Waals surface area contributed by atoms with Gasteiger partial charge in [0, 0.05) is 19.3 Å². The molecule has 0 fully saturated rings. The third kappa shape index (κ3) is 59.1. The lowest BCUT2D eigenvalue weighted by Crippen LogP contribution is -2.30. The molecule has 0 aromatic carbocycles. The first-order valence-corrected chi connectivity index (χ1v) is 30.7. The highest BCUT2D eigenvalue weighted by atomic mass is 16.6. The van der Waals surface area contributed by atoms with Crippen LogP contribution in [-0.2, 0) is 28.6 Å². The van der Waals surface area contributed by atoms with Gasteiger partial charge in [0.05, 0.1) is 0 Å². The van der Waals surface area contributed by atoms with Crippen LogP contribution in [0.25, 0.3) is 0 Å². The zero-order valence-corrected chi connectivity index (χ0v) is 47.9. The fourth-order valence-electron chi connectivity index (χ4n) is 8.44. The molecule has 0 spiro atoms. The summed E-state index contributed by atoms with van der Waals surface area (Å²) in [7, 11) is 0. The Morgan fingerprint density at radius 3 is 0.877 bits per heavy atom. The van der Waals surface area contributed by atoms with Gasteiger partial charge in [0.1, 0.15) is 13.2 Å². The second kappa shape index (κ2) is 60.9. The number of ether oxygens (including phenoxy) is 3. The summed E-state index contributed by atoms with van der Waals surface area (Å²) >= 11 is 0. The molecule has 0 saturated carbocycles. The maximum Gasteiger partial charge on any atom is 0.306 e. The van der Waals surface area contributed by atoms with Crippen molar-refractivity contribution in [2.24, 2.45) is 0 Å². The van der Waals surface area contributed by atoms with Gasteiger partial charge >= 0.3 is 17.9 Å². The van der Waals surface area contributed by atoms with E-state index in [0.717, 1.165) is 96.3 Å².